The van der Waals surface area contributed by atoms with Gasteiger partial charge in [0, 0.05) is 6.07 Å². The van der Waals surface area contributed by atoms with E-state index in [4.69, 9.17) is 18.7 Å². The molecule has 8 heteroatoms. The van der Waals surface area contributed by atoms with E-state index < -0.39 is 6.10 Å². The van der Waals surface area contributed by atoms with Crippen LogP contribution in [-0.4, -0.2) is 36.4 Å². The van der Waals surface area contributed by atoms with Gasteiger partial charge >= 0.3 is 0 Å². The highest BCUT2D eigenvalue weighted by Crippen LogP contribution is 2.31. The molecule has 0 unspecified atom stereocenters. The lowest BCUT2D eigenvalue weighted by Crippen LogP contribution is -2.36. The van der Waals surface area contributed by atoms with Crippen LogP contribution in [0.5, 0.6) is 17.2 Å². The van der Waals surface area contributed by atoms with Crippen LogP contribution in [0.3, 0.4) is 0 Å². The van der Waals surface area contributed by atoms with Gasteiger partial charge in [-0.3, -0.25) is 4.79 Å². The van der Waals surface area contributed by atoms with Crippen molar-refractivity contribution in [3.8, 4) is 28.6 Å². The van der Waals surface area contributed by atoms with Crippen molar-refractivity contribution in [1.29, 1.82) is 0 Å². The third-order valence-corrected chi connectivity index (χ3v) is 4.56. The van der Waals surface area contributed by atoms with Gasteiger partial charge in [-0.2, -0.15) is 4.98 Å². The van der Waals surface area contributed by atoms with E-state index in [1.165, 1.54) is 0 Å². The molecule has 0 radical (unpaired) electrons. The zero-order valence-electron chi connectivity index (χ0n) is 17.5. The van der Waals surface area contributed by atoms with Crippen LogP contribution < -0.4 is 19.5 Å². The molecular formula is C22H25N3O5. The molecule has 1 heterocycles. The maximum atomic E-state index is 12.4. The summed E-state index contributed by atoms with van der Waals surface area (Å²) in [6.07, 6.45) is 0.158. The fourth-order valence-corrected chi connectivity index (χ4v) is 2.88. The second-order valence-electron chi connectivity index (χ2n) is 6.52. The van der Waals surface area contributed by atoms with Crippen molar-refractivity contribution in [3.05, 3.63) is 53.9 Å². The molecule has 30 heavy (non-hydrogen) atoms. The Morgan fingerprint density at radius 3 is 2.67 bits per heavy atom. The maximum absolute atomic E-state index is 12.4. The first-order valence-electron chi connectivity index (χ1n) is 9.63. The van der Waals surface area contributed by atoms with Crippen LogP contribution in [0.2, 0.25) is 0 Å². The molecule has 3 aromatic rings. The molecular weight excluding hydrogens is 386 g/mol. The number of aryl methyl sites for hydroxylation is 1. The topological polar surface area (TPSA) is 95.7 Å². The van der Waals surface area contributed by atoms with E-state index in [0.29, 0.717) is 28.6 Å². The first-order valence-corrected chi connectivity index (χ1v) is 9.63. The Labute approximate surface area is 175 Å². The highest BCUT2D eigenvalue weighted by atomic mass is 16.5. The number of carbonyl (C=O) groups excluding carboxylic acids is 1. The largest absolute Gasteiger partial charge is 0.497 e. The molecule has 0 aliphatic rings. The Bertz CT molecular complexity index is 1000. The minimum absolute atomic E-state index is 0.0907. The molecule has 0 saturated heterocycles. The molecule has 1 aromatic heterocycles. The van der Waals surface area contributed by atoms with Gasteiger partial charge in [0.15, 0.2) is 6.10 Å². The molecule has 1 atom stereocenters. The Kier molecular flexibility index (Phi) is 6.90. The number of benzene rings is 2. The molecule has 0 aliphatic carbocycles. The van der Waals surface area contributed by atoms with Crippen molar-refractivity contribution < 1.29 is 23.5 Å². The molecule has 0 fully saturated rings. The van der Waals surface area contributed by atoms with E-state index in [9.17, 15) is 4.79 Å². The number of ether oxygens (including phenoxy) is 3. The zero-order chi connectivity index (χ0) is 21.5. The van der Waals surface area contributed by atoms with Gasteiger partial charge < -0.3 is 24.1 Å². The Morgan fingerprint density at radius 2 is 1.93 bits per heavy atom. The second-order valence-corrected chi connectivity index (χ2v) is 6.52. The van der Waals surface area contributed by atoms with Crippen molar-refractivity contribution in [2.75, 3.05) is 14.2 Å². The van der Waals surface area contributed by atoms with E-state index in [1.54, 1.807) is 39.3 Å². The number of carbonyl (C=O) groups is 1. The van der Waals surface area contributed by atoms with Gasteiger partial charge in [-0.15, -0.1) is 0 Å². The number of para-hydroxylation sites is 1. The van der Waals surface area contributed by atoms with Gasteiger partial charge in [0.2, 0.25) is 11.7 Å². The zero-order valence-corrected chi connectivity index (χ0v) is 17.5. The summed E-state index contributed by atoms with van der Waals surface area (Å²) in [4.78, 5) is 16.7. The SMILES string of the molecule is CCc1ccccc1O[C@@H](C)C(=O)NCc1nc(-c2ccc(OC)cc2OC)no1. The Balaban J connectivity index is 1.62. The van der Waals surface area contributed by atoms with Crippen LogP contribution in [0, 0.1) is 0 Å². The van der Waals surface area contributed by atoms with Crippen molar-refractivity contribution in [2.24, 2.45) is 0 Å². The minimum atomic E-state index is -0.665. The first-order chi connectivity index (χ1) is 14.5. The lowest BCUT2D eigenvalue weighted by atomic mass is 10.1. The molecule has 0 saturated carbocycles. The van der Waals surface area contributed by atoms with Crippen LogP contribution >= 0.6 is 0 Å². The van der Waals surface area contributed by atoms with E-state index in [-0.39, 0.29) is 18.3 Å². The molecule has 158 valence electrons. The lowest BCUT2D eigenvalue weighted by Gasteiger charge is -2.16. The Hall–Kier alpha value is -3.55. The summed E-state index contributed by atoms with van der Waals surface area (Å²) in [5.41, 5.74) is 1.71. The fraction of sp³-hybridized carbons (Fsp3) is 0.318. The maximum Gasteiger partial charge on any atom is 0.261 e. The standard InChI is InChI=1S/C22H25N3O5/c1-5-15-8-6-7-9-18(15)29-14(2)22(26)23-13-20-24-21(25-30-20)17-11-10-16(27-3)12-19(17)28-4/h6-12,14H,5,13H2,1-4H3,(H,23,26)/t14-/m0/s1. The van der Waals surface area contributed by atoms with Crippen molar-refractivity contribution >= 4 is 5.91 Å². The molecule has 2 aromatic carbocycles. The molecule has 8 nitrogen and oxygen atoms in total. The summed E-state index contributed by atoms with van der Waals surface area (Å²) in [6.45, 7) is 3.83. The number of amides is 1. The normalized spacial score (nSPS) is 11.6. The van der Waals surface area contributed by atoms with E-state index in [1.807, 2.05) is 31.2 Å². The van der Waals surface area contributed by atoms with Gasteiger partial charge in [0.25, 0.3) is 5.91 Å². The fourth-order valence-electron chi connectivity index (χ4n) is 2.88. The smallest absolute Gasteiger partial charge is 0.261 e. The summed E-state index contributed by atoms with van der Waals surface area (Å²) < 4.78 is 21.6. The number of rotatable bonds is 9. The van der Waals surface area contributed by atoms with E-state index in [2.05, 4.69) is 15.5 Å². The summed E-state index contributed by atoms with van der Waals surface area (Å²) in [5.74, 6) is 2.28. The Morgan fingerprint density at radius 1 is 1.13 bits per heavy atom. The van der Waals surface area contributed by atoms with Gasteiger partial charge in [-0.05, 0) is 37.1 Å². The molecule has 1 amide bonds. The average Bonchev–Trinajstić information content (AvgIpc) is 3.26. The van der Waals surface area contributed by atoms with Crippen LogP contribution in [-0.2, 0) is 17.8 Å². The van der Waals surface area contributed by atoms with Crippen LogP contribution in [0.1, 0.15) is 25.3 Å². The molecule has 3 rings (SSSR count). The van der Waals surface area contributed by atoms with Gasteiger partial charge in [-0.25, -0.2) is 0 Å². The van der Waals surface area contributed by atoms with Crippen molar-refractivity contribution in [3.63, 3.8) is 0 Å². The van der Waals surface area contributed by atoms with Crippen LogP contribution in [0.4, 0.5) is 0 Å². The number of nitrogens with one attached hydrogen (secondary N) is 1. The van der Waals surface area contributed by atoms with Crippen molar-refractivity contribution in [2.45, 2.75) is 32.9 Å². The second kappa shape index (κ2) is 9.78. The quantitative estimate of drug-likeness (QED) is 0.576. The first kappa shape index (κ1) is 21.2. The third-order valence-electron chi connectivity index (χ3n) is 4.56. The number of hydrogen-bond donors (Lipinski definition) is 1. The highest BCUT2D eigenvalue weighted by molar-refractivity contribution is 5.80. The third kappa shape index (κ3) is 4.89. The van der Waals surface area contributed by atoms with Crippen molar-refractivity contribution in [1.82, 2.24) is 15.5 Å². The van der Waals surface area contributed by atoms with Gasteiger partial charge in [0.05, 0.1) is 26.3 Å². The van der Waals surface area contributed by atoms with Crippen LogP contribution in [0.15, 0.2) is 47.0 Å². The molecule has 0 bridgehead atoms. The average molecular weight is 411 g/mol. The van der Waals surface area contributed by atoms with E-state index >= 15 is 0 Å². The number of nitrogens with zero attached hydrogens (tertiary/aromatic N) is 2. The molecule has 0 aliphatic heterocycles. The molecule has 1 N–H and O–H groups in total. The summed E-state index contributed by atoms with van der Waals surface area (Å²) >= 11 is 0. The number of methoxy groups -OCH3 is 2. The summed E-state index contributed by atoms with van der Waals surface area (Å²) in [5, 5.41) is 6.73. The number of aromatic nitrogens is 2. The predicted molar refractivity (Wildman–Crippen MR) is 111 cm³/mol. The summed E-state index contributed by atoms with van der Waals surface area (Å²) in [7, 11) is 3.13. The minimum Gasteiger partial charge on any atom is -0.497 e. The number of hydrogen-bond acceptors (Lipinski definition) is 7. The lowest BCUT2D eigenvalue weighted by molar-refractivity contribution is -0.127. The highest BCUT2D eigenvalue weighted by Gasteiger charge is 2.18. The van der Waals surface area contributed by atoms with E-state index in [0.717, 1.165) is 12.0 Å². The van der Waals surface area contributed by atoms with Crippen LogP contribution in [0.25, 0.3) is 11.4 Å². The monoisotopic (exact) mass is 411 g/mol. The predicted octanol–water partition coefficient (Wildman–Crippen LogP) is 3.40. The van der Waals surface area contributed by atoms with Gasteiger partial charge in [0.1, 0.15) is 17.2 Å². The molecule has 0 spiro atoms. The van der Waals surface area contributed by atoms with Gasteiger partial charge in [-0.1, -0.05) is 30.3 Å². The summed E-state index contributed by atoms with van der Waals surface area (Å²) in [6, 6.07) is 13.0.